The van der Waals surface area contributed by atoms with Crippen molar-refractivity contribution >= 4 is 11.4 Å². The predicted octanol–water partition coefficient (Wildman–Crippen LogP) is 2.94. The highest BCUT2D eigenvalue weighted by atomic mass is 19.4. The summed E-state index contributed by atoms with van der Waals surface area (Å²) < 4.78 is 35.6. The molecule has 0 unspecified atom stereocenters. The number of hydrogen-bond donors (Lipinski definition) is 2. The first kappa shape index (κ1) is 11.7. The third-order valence-corrected chi connectivity index (χ3v) is 1.99. The fraction of sp³-hybridized carbons (Fsp3) is 0.400. The Morgan fingerprint density at radius 2 is 2.00 bits per heavy atom. The van der Waals surface area contributed by atoms with E-state index >= 15 is 0 Å². The van der Waals surface area contributed by atoms with Crippen LogP contribution in [0.4, 0.5) is 24.5 Å². The van der Waals surface area contributed by atoms with E-state index in [0.29, 0.717) is 11.4 Å². The van der Waals surface area contributed by atoms with Crippen LogP contribution in [0.1, 0.15) is 12.0 Å². The van der Waals surface area contributed by atoms with Gasteiger partial charge in [-0.1, -0.05) is 6.07 Å². The van der Waals surface area contributed by atoms with Crippen LogP contribution >= 0.6 is 0 Å². The lowest BCUT2D eigenvalue weighted by Crippen LogP contribution is -2.15. The summed E-state index contributed by atoms with van der Waals surface area (Å²) in [7, 11) is 0. The average Bonchev–Trinajstić information content (AvgIpc) is 2.09. The van der Waals surface area contributed by atoms with Gasteiger partial charge in [0.25, 0.3) is 0 Å². The van der Waals surface area contributed by atoms with Crippen molar-refractivity contribution in [1.29, 1.82) is 0 Å². The van der Waals surface area contributed by atoms with Gasteiger partial charge < -0.3 is 11.1 Å². The monoisotopic (exact) mass is 218 g/mol. The van der Waals surface area contributed by atoms with Gasteiger partial charge in [0.15, 0.2) is 0 Å². The molecule has 5 heteroatoms. The number of anilines is 2. The van der Waals surface area contributed by atoms with Crippen molar-refractivity contribution in [1.82, 2.24) is 0 Å². The lowest BCUT2D eigenvalue weighted by molar-refractivity contribution is -0.131. The number of nitrogens with two attached hydrogens (primary N) is 1. The molecule has 15 heavy (non-hydrogen) atoms. The summed E-state index contributed by atoms with van der Waals surface area (Å²) in [4.78, 5) is 0. The van der Waals surface area contributed by atoms with Gasteiger partial charge in [0, 0.05) is 17.9 Å². The minimum Gasteiger partial charge on any atom is -0.399 e. The van der Waals surface area contributed by atoms with Gasteiger partial charge in [-0.2, -0.15) is 13.2 Å². The molecule has 2 nitrogen and oxygen atoms in total. The maximum absolute atomic E-state index is 11.9. The van der Waals surface area contributed by atoms with Gasteiger partial charge in [0.2, 0.25) is 0 Å². The zero-order chi connectivity index (χ0) is 11.5. The van der Waals surface area contributed by atoms with Crippen molar-refractivity contribution < 1.29 is 13.2 Å². The molecule has 3 N–H and O–H groups in total. The smallest absolute Gasteiger partial charge is 0.390 e. The number of rotatable bonds is 3. The van der Waals surface area contributed by atoms with Crippen LogP contribution in [0.25, 0.3) is 0 Å². The SMILES string of the molecule is Cc1ccc(N)cc1NCCC(F)(F)F. The number of nitrogens with one attached hydrogen (secondary N) is 1. The van der Waals surface area contributed by atoms with Crippen LogP contribution in [0.5, 0.6) is 0 Å². The first-order valence-corrected chi connectivity index (χ1v) is 4.55. The maximum Gasteiger partial charge on any atom is 0.390 e. The second-order valence-electron chi connectivity index (χ2n) is 3.37. The van der Waals surface area contributed by atoms with Gasteiger partial charge in [-0.05, 0) is 24.6 Å². The third-order valence-electron chi connectivity index (χ3n) is 1.99. The van der Waals surface area contributed by atoms with Crippen molar-refractivity contribution in [2.45, 2.75) is 19.5 Å². The number of aryl methyl sites for hydroxylation is 1. The molecule has 1 aromatic rings. The fourth-order valence-corrected chi connectivity index (χ4v) is 1.17. The first-order valence-electron chi connectivity index (χ1n) is 4.55. The van der Waals surface area contributed by atoms with Crippen LogP contribution in [0.3, 0.4) is 0 Å². The lowest BCUT2D eigenvalue weighted by Gasteiger charge is -2.11. The molecule has 0 amide bonds. The molecule has 0 aromatic heterocycles. The highest BCUT2D eigenvalue weighted by Crippen LogP contribution is 2.21. The van der Waals surface area contributed by atoms with Crippen LogP contribution < -0.4 is 11.1 Å². The summed E-state index contributed by atoms with van der Waals surface area (Å²) in [5.74, 6) is 0. The molecule has 0 atom stereocenters. The molecular formula is C10H13F3N2. The summed E-state index contributed by atoms with van der Waals surface area (Å²) in [5, 5.41) is 2.71. The topological polar surface area (TPSA) is 38.0 Å². The number of benzene rings is 1. The molecule has 0 aliphatic heterocycles. The Hall–Kier alpha value is -1.39. The Balaban J connectivity index is 2.54. The second kappa shape index (κ2) is 4.42. The van der Waals surface area contributed by atoms with Gasteiger partial charge in [-0.3, -0.25) is 0 Å². The third kappa shape index (κ3) is 4.10. The molecule has 0 heterocycles. The number of halogens is 3. The van der Waals surface area contributed by atoms with Crippen LogP contribution in [-0.2, 0) is 0 Å². The van der Waals surface area contributed by atoms with Gasteiger partial charge in [0.1, 0.15) is 0 Å². The zero-order valence-electron chi connectivity index (χ0n) is 8.36. The number of alkyl halides is 3. The van der Waals surface area contributed by atoms with E-state index in [-0.39, 0.29) is 6.54 Å². The Morgan fingerprint density at radius 3 is 2.60 bits per heavy atom. The van der Waals surface area contributed by atoms with E-state index in [2.05, 4.69) is 5.32 Å². The fourth-order valence-electron chi connectivity index (χ4n) is 1.17. The molecule has 0 spiro atoms. The summed E-state index contributed by atoms with van der Waals surface area (Å²) in [6.45, 7) is 1.68. The summed E-state index contributed by atoms with van der Waals surface area (Å²) in [6, 6.07) is 5.11. The molecular weight excluding hydrogens is 205 g/mol. The van der Waals surface area contributed by atoms with E-state index in [4.69, 9.17) is 5.73 Å². The lowest BCUT2D eigenvalue weighted by atomic mass is 10.2. The summed E-state index contributed by atoms with van der Waals surface area (Å²) in [6.07, 6.45) is -4.97. The van der Waals surface area contributed by atoms with Crippen LogP contribution in [0.2, 0.25) is 0 Å². The maximum atomic E-state index is 11.9. The van der Waals surface area contributed by atoms with Crippen molar-refractivity contribution in [2.75, 3.05) is 17.6 Å². The molecule has 0 fully saturated rings. The molecule has 0 radical (unpaired) electrons. The van der Waals surface area contributed by atoms with E-state index in [9.17, 15) is 13.2 Å². The Labute approximate surface area is 86.3 Å². The molecule has 84 valence electrons. The minimum absolute atomic E-state index is 0.131. The average molecular weight is 218 g/mol. The molecule has 1 rings (SSSR count). The minimum atomic E-state index is -4.12. The molecule has 0 bridgehead atoms. The van der Waals surface area contributed by atoms with Crippen LogP contribution in [0.15, 0.2) is 18.2 Å². The summed E-state index contributed by atoms with van der Waals surface area (Å²) in [5.41, 5.74) is 7.59. The predicted molar refractivity (Wildman–Crippen MR) is 54.8 cm³/mol. The molecule has 0 aliphatic carbocycles. The molecule has 0 aliphatic rings. The number of nitrogen functional groups attached to an aromatic ring is 1. The Bertz CT molecular complexity index is 334. The van der Waals surface area contributed by atoms with Crippen LogP contribution in [0, 0.1) is 6.92 Å². The van der Waals surface area contributed by atoms with E-state index < -0.39 is 12.6 Å². The Morgan fingerprint density at radius 1 is 1.33 bits per heavy atom. The quantitative estimate of drug-likeness (QED) is 0.765. The van der Waals surface area contributed by atoms with Gasteiger partial charge in [-0.25, -0.2) is 0 Å². The van der Waals surface area contributed by atoms with E-state index in [1.807, 2.05) is 6.92 Å². The molecule has 1 aromatic carbocycles. The van der Waals surface area contributed by atoms with E-state index in [1.54, 1.807) is 18.2 Å². The van der Waals surface area contributed by atoms with Gasteiger partial charge in [0.05, 0.1) is 6.42 Å². The van der Waals surface area contributed by atoms with Crippen LogP contribution in [-0.4, -0.2) is 12.7 Å². The molecule has 0 saturated heterocycles. The van der Waals surface area contributed by atoms with Crippen molar-refractivity contribution in [3.8, 4) is 0 Å². The summed E-state index contributed by atoms with van der Waals surface area (Å²) >= 11 is 0. The van der Waals surface area contributed by atoms with Crippen molar-refractivity contribution in [2.24, 2.45) is 0 Å². The first-order chi connectivity index (χ1) is 6.88. The largest absolute Gasteiger partial charge is 0.399 e. The van der Waals surface area contributed by atoms with Gasteiger partial charge >= 0.3 is 6.18 Å². The van der Waals surface area contributed by atoms with E-state index in [0.717, 1.165) is 5.56 Å². The second-order valence-corrected chi connectivity index (χ2v) is 3.37. The standard InChI is InChI=1S/C10H13F3N2/c1-7-2-3-8(14)6-9(7)15-5-4-10(11,12)13/h2-3,6,15H,4-5,14H2,1H3. The number of hydrogen-bond acceptors (Lipinski definition) is 2. The van der Waals surface area contributed by atoms with Crippen molar-refractivity contribution in [3.63, 3.8) is 0 Å². The highest BCUT2D eigenvalue weighted by Gasteiger charge is 2.26. The normalized spacial score (nSPS) is 11.5. The zero-order valence-corrected chi connectivity index (χ0v) is 8.36. The highest BCUT2D eigenvalue weighted by molar-refractivity contribution is 5.59. The van der Waals surface area contributed by atoms with E-state index in [1.165, 1.54) is 0 Å². The van der Waals surface area contributed by atoms with Gasteiger partial charge in [-0.15, -0.1) is 0 Å². The Kier molecular flexibility index (Phi) is 3.44. The van der Waals surface area contributed by atoms with Crippen molar-refractivity contribution in [3.05, 3.63) is 23.8 Å². The molecule has 0 saturated carbocycles.